The summed E-state index contributed by atoms with van der Waals surface area (Å²) in [5.74, 6) is -1.02. The fourth-order valence-corrected chi connectivity index (χ4v) is 5.66. The second kappa shape index (κ2) is 11.0. The van der Waals surface area contributed by atoms with Crippen molar-refractivity contribution in [3.63, 3.8) is 0 Å². The minimum absolute atomic E-state index is 0.0443. The Bertz CT molecular complexity index is 1510. The van der Waals surface area contributed by atoms with Gasteiger partial charge in [0.25, 0.3) is 10.0 Å². The first-order valence-electron chi connectivity index (χ1n) is 10.1. The zero-order chi connectivity index (χ0) is 27.4. The van der Waals surface area contributed by atoms with Gasteiger partial charge in [-0.2, -0.15) is 13.2 Å². The molecule has 3 N–H and O–H groups in total. The van der Waals surface area contributed by atoms with Gasteiger partial charge in [-0.3, -0.25) is 9.52 Å². The molecule has 3 aromatic carbocycles. The zero-order valence-electron chi connectivity index (χ0n) is 18.8. The van der Waals surface area contributed by atoms with E-state index in [4.69, 9.17) is 16.3 Å². The molecule has 0 aromatic heterocycles. The van der Waals surface area contributed by atoms with E-state index in [9.17, 15) is 34.8 Å². The summed E-state index contributed by atoms with van der Waals surface area (Å²) in [5.41, 5.74) is -1.23. The number of methoxy groups -OCH3 is 1. The van der Waals surface area contributed by atoms with E-state index in [0.29, 0.717) is 11.1 Å². The van der Waals surface area contributed by atoms with Crippen LogP contribution in [0.25, 0.3) is 0 Å². The number of hydrogen-bond donors (Lipinski definition) is 3. The summed E-state index contributed by atoms with van der Waals surface area (Å²) in [6.07, 6.45) is -4.93. The third-order valence-corrected chi connectivity index (χ3v) is 7.85. The molecule has 0 saturated heterocycles. The predicted octanol–water partition coefficient (Wildman–Crippen LogP) is 4.09. The van der Waals surface area contributed by atoms with Crippen molar-refractivity contribution in [1.82, 2.24) is 4.72 Å². The summed E-state index contributed by atoms with van der Waals surface area (Å²) in [7, 11) is -7.67. The second-order valence-electron chi connectivity index (χ2n) is 7.34. The van der Waals surface area contributed by atoms with E-state index in [1.165, 1.54) is 43.5 Å². The van der Waals surface area contributed by atoms with Crippen molar-refractivity contribution in [3.05, 3.63) is 77.3 Å². The molecule has 3 rings (SSSR count). The normalized spacial score (nSPS) is 12.1. The van der Waals surface area contributed by atoms with Crippen LogP contribution in [-0.4, -0.2) is 36.4 Å². The van der Waals surface area contributed by atoms with Crippen LogP contribution in [0.2, 0.25) is 5.02 Å². The first kappa shape index (κ1) is 28.2. The topological polar surface area (TPSA) is 131 Å². The van der Waals surface area contributed by atoms with Crippen LogP contribution in [0.1, 0.15) is 5.56 Å². The van der Waals surface area contributed by atoms with Crippen LogP contribution >= 0.6 is 11.6 Å². The average Bonchev–Trinajstić information content (AvgIpc) is 2.83. The van der Waals surface area contributed by atoms with Crippen LogP contribution in [-0.2, 0) is 31.0 Å². The number of nitrogens with one attached hydrogen (secondary N) is 3. The summed E-state index contributed by atoms with van der Waals surface area (Å²) in [6.45, 7) is -0.925. The SMILES string of the molecule is COc1ccc(NC(=O)CNS(=O)(=O)c2ccccc2C(F)(F)F)cc1S(=O)(=O)Nc1ccc(Cl)cc1. The lowest BCUT2D eigenvalue weighted by Gasteiger charge is -2.15. The smallest absolute Gasteiger partial charge is 0.417 e. The molecule has 0 aliphatic rings. The molecule has 198 valence electrons. The van der Waals surface area contributed by atoms with Gasteiger partial charge in [0.1, 0.15) is 10.6 Å². The Morgan fingerprint density at radius 3 is 2.14 bits per heavy atom. The van der Waals surface area contributed by atoms with E-state index >= 15 is 0 Å². The van der Waals surface area contributed by atoms with Crippen molar-refractivity contribution in [1.29, 1.82) is 0 Å². The lowest BCUT2D eigenvalue weighted by atomic mass is 10.2. The van der Waals surface area contributed by atoms with E-state index < -0.39 is 49.1 Å². The van der Waals surface area contributed by atoms with Crippen LogP contribution in [0.5, 0.6) is 5.75 Å². The molecule has 0 unspecified atom stereocenters. The largest absolute Gasteiger partial charge is 0.495 e. The highest BCUT2D eigenvalue weighted by Crippen LogP contribution is 2.34. The molecule has 3 aromatic rings. The van der Waals surface area contributed by atoms with Crippen molar-refractivity contribution in [2.75, 3.05) is 23.7 Å². The Kier molecular flexibility index (Phi) is 8.37. The van der Waals surface area contributed by atoms with Gasteiger partial charge in [0.2, 0.25) is 15.9 Å². The summed E-state index contributed by atoms with van der Waals surface area (Å²) in [6, 6.07) is 12.9. The molecule has 0 radical (unpaired) electrons. The molecular formula is C22H19ClF3N3O6S2. The molecule has 37 heavy (non-hydrogen) atoms. The van der Waals surface area contributed by atoms with Crippen molar-refractivity contribution in [2.24, 2.45) is 0 Å². The zero-order valence-corrected chi connectivity index (χ0v) is 21.2. The predicted molar refractivity (Wildman–Crippen MR) is 131 cm³/mol. The number of halogens is 4. The standard InChI is InChI=1S/C22H19ClF3N3O6S2/c1-35-18-11-10-16(12-20(18)37(33,34)29-15-8-6-14(23)7-9-15)28-21(30)13-27-36(31,32)19-5-3-2-4-17(19)22(24,25)26/h2-12,27,29H,13H2,1H3,(H,28,30). The highest BCUT2D eigenvalue weighted by molar-refractivity contribution is 7.92. The summed E-state index contributed by atoms with van der Waals surface area (Å²) >= 11 is 5.80. The van der Waals surface area contributed by atoms with Gasteiger partial charge in [-0.25, -0.2) is 21.6 Å². The van der Waals surface area contributed by atoms with E-state index in [-0.39, 0.29) is 22.0 Å². The van der Waals surface area contributed by atoms with Gasteiger partial charge in [-0.1, -0.05) is 23.7 Å². The summed E-state index contributed by atoms with van der Waals surface area (Å²) < 4.78 is 99.4. The number of benzene rings is 3. The molecule has 0 aliphatic heterocycles. The average molecular weight is 578 g/mol. The van der Waals surface area contributed by atoms with Crippen LogP contribution in [0.15, 0.2) is 76.5 Å². The Hall–Kier alpha value is -3.33. The molecule has 9 nitrogen and oxygen atoms in total. The van der Waals surface area contributed by atoms with E-state index in [2.05, 4.69) is 10.0 Å². The molecule has 0 fully saturated rings. The van der Waals surface area contributed by atoms with Crippen molar-refractivity contribution < 1.29 is 39.5 Å². The van der Waals surface area contributed by atoms with Crippen molar-refractivity contribution in [2.45, 2.75) is 16.0 Å². The third-order valence-electron chi connectivity index (χ3n) is 4.74. The Morgan fingerprint density at radius 2 is 1.51 bits per heavy atom. The molecule has 0 spiro atoms. The molecular weight excluding hydrogens is 559 g/mol. The molecule has 1 amide bonds. The monoisotopic (exact) mass is 577 g/mol. The molecule has 0 bridgehead atoms. The maximum absolute atomic E-state index is 13.2. The lowest BCUT2D eigenvalue weighted by molar-refractivity contribution is -0.139. The van der Waals surface area contributed by atoms with Gasteiger partial charge in [-0.05, 0) is 54.6 Å². The molecule has 0 atom stereocenters. The lowest BCUT2D eigenvalue weighted by Crippen LogP contribution is -2.34. The number of hydrogen-bond acceptors (Lipinski definition) is 6. The van der Waals surface area contributed by atoms with Gasteiger partial charge in [0.15, 0.2) is 0 Å². The second-order valence-corrected chi connectivity index (χ2v) is 11.2. The third kappa shape index (κ3) is 7.13. The van der Waals surface area contributed by atoms with Crippen LogP contribution in [0, 0.1) is 0 Å². The number of carbonyl (C=O) groups excluding carboxylic acids is 1. The highest BCUT2D eigenvalue weighted by Gasteiger charge is 2.36. The summed E-state index contributed by atoms with van der Waals surface area (Å²) in [4.78, 5) is 11.0. The molecule has 0 saturated carbocycles. The number of alkyl halides is 3. The van der Waals surface area contributed by atoms with Crippen LogP contribution in [0.4, 0.5) is 24.5 Å². The fourth-order valence-electron chi connectivity index (χ4n) is 3.07. The molecule has 15 heteroatoms. The van der Waals surface area contributed by atoms with E-state index in [0.717, 1.165) is 24.3 Å². The minimum Gasteiger partial charge on any atom is -0.495 e. The number of rotatable bonds is 9. The highest BCUT2D eigenvalue weighted by atomic mass is 35.5. The van der Waals surface area contributed by atoms with Crippen molar-refractivity contribution >= 4 is 48.9 Å². The number of ether oxygens (including phenoxy) is 1. The van der Waals surface area contributed by atoms with Crippen LogP contribution < -0.4 is 19.5 Å². The van der Waals surface area contributed by atoms with Crippen molar-refractivity contribution in [3.8, 4) is 5.75 Å². The Morgan fingerprint density at radius 1 is 0.892 bits per heavy atom. The summed E-state index contributed by atoms with van der Waals surface area (Å²) in [5, 5.41) is 2.68. The van der Waals surface area contributed by atoms with Crippen LogP contribution in [0.3, 0.4) is 0 Å². The number of amides is 1. The maximum Gasteiger partial charge on any atom is 0.417 e. The van der Waals surface area contributed by atoms with Gasteiger partial charge in [0.05, 0.1) is 24.1 Å². The van der Waals surface area contributed by atoms with E-state index in [1.54, 1.807) is 4.72 Å². The first-order valence-corrected chi connectivity index (χ1v) is 13.5. The Balaban J connectivity index is 1.77. The number of sulfonamides is 2. The number of anilines is 2. The van der Waals surface area contributed by atoms with Gasteiger partial charge in [0, 0.05) is 16.4 Å². The van der Waals surface area contributed by atoms with Gasteiger partial charge >= 0.3 is 6.18 Å². The quantitative estimate of drug-likeness (QED) is 0.351. The van der Waals surface area contributed by atoms with E-state index in [1.807, 2.05) is 0 Å². The minimum atomic E-state index is -4.93. The molecule has 0 aliphatic carbocycles. The van der Waals surface area contributed by atoms with Gasteiger partial charge < -0.3 is 10.1 Å². The molecule has 0 heterocycles. The fraction of sp³-hybridized carbons (Fsp3) is 0.136. The Labute approximate surface area is 215 Å². The van der Waals surface area contributed by atoms with Gasteiger partial charge in [-0.15, -0.1) is 0 Å². The number of carbonyl (C=O) groups is 1. The maximum atomic E-state index is 13.2. The first-order chi connectivity index (χ1) is 17.2.